The fourth-order valence-electron chi connectivity index (χ4n) is 6.07. The van der Waals surface area contributed by atoms with Crippen LogP contribution in [0.2, 0.25) is 0 Å². The van der Waals surface area contributed by atoms with Gasteiger partial charge in [-0.3, -0.25) is 24.3 Å². The van der Waals surface area contributed by atoms with Crippen molar-refractivity contribution in [2.24, 2.45) is 29.6 Å². The third-order valence-electron chi connectivity index (χ3n) is 7.32. The number of carbonyl (C=O) groups is 3. The Morgan fingerprint density at radius 3 is 2.26 bits per heavy atom. The molecule has 0 unspecified atom stereocenters. The Labute approximate surface area is 158 Å². The molecule has 3 aliphatic carbocycles. The van der Waals surface area contributed by atoms with Crippen LogP contribution in [0, 0.1) is 29.6 Å². The number of rotatable bonds is 3. The van der Waals surface area contributed by atoms with Crippen LogP contribution in [0.3, 0.4) is 0 Å². The van der Waals surface area contributed by atoms with Gasteiger partial charge in [-0.2, -0.15) is 0 Å². The molecule has 6 nitrogen and oxygen atoms in total. The van der Waals surface area contributed by atoms with Crippen LogP contribution < -0.4 is 5.32 Å². The summed E-state index contributed by atoms with van der Waals surface area (Å²) in [6.45, 7) is 0. The molecule has 0 aromatic carbocycles. The van der Waals surface area contributed by atoms with Gasteiger partial charge in [-0.15, -0.1) is 0 Å². The molecule has 3 amide bonds. The summed E-state index contributed by atoms with van der Waals surface area (Å²) in [6, 6.07) is 3.60. The van der Waals surface area contributed by atoms with Gasteiger partial charge in [0.15, 0.2) is 0 Å². The summed E-state index contributed by atoms with van der Waals surface area (Å²) in [5.74, 6) is 0.901. The van der Waals surface area contributed by atoms with Gasteiger partial charge in [0, 0.05) is 18.2 Å². The van der Waals surface area contributed by atoms with Crippen molar-refractivity contribution in [2.75, 3.05) is 5.32 Å². The number of pyridine rings is 1. The number of aromatic nitrogens is 1. The van der Waals surface area contributed by atoms with Gasteiger partial charge in [0.05, 0.1) is 23.7 Å². The first-order chi connectivity index (χ1) is 13.1. The number of nitrogens with one attached hydrogen (secondary N) is 1. The van der Waals surface area contributed by atoms with Gasteiger partial charge < -0.3 is 5.32 Å². The topological polar surface area (TPSA) is 79.4 Å². The second-order valence-corrected chi connectivity index (χ2v) is 8.67. The molecule has 2 heterocycles. The number of hydrogen-bond donors (Lipinski definition) is 1. The molecule has 0 spiro atoms. The van der Waals surface area contributed by atoms with Crippen LogP contribution in [-0.4, -0.2) is 33.6 Å². The van der Waals surface area contributed by atoms with Gasteiger partial charge in [0.1, 0.15) is 0 Å². The first kappa shape index (κ1) is 16.9. The van der Waals surface area contributed by atoms with Crippen LogP contribution in [0.1, 0.15) is 44.9 Å². The van der Waals surface area contributed by atoms with Crippen LogP contribution >= 0.6 is 0 Å². The van der Waals surface area contributed by atoms with Crippen molar-refractivity contribution in [3.8, 4) is 0 Å². The van der Waals surface area contributed by atoms with E-state index in [0.29, 0.717) is 17.5 Å². The second kappa shape index (κ2) is 6.43. The third kappa shape index (κ3) is 2.68. The van der Waals surface area contributed by atoms with E-state index in [1.165, 1.54) is 0 Å². The summed E-state index contributed by atoms with van der Waals surface area (Å²) in [4.78, 5) is 44.0. The molecule has 1 aliphatic heterocycles. The molecule has 27 heavy (non-hydrogen) atoms. The first-order valence-corrected chi connectivity index (χ1v) is 10.2. The van der Waals surface area contributed by atoms with Crippen LogP contribution in [0.4, 0.5) is 5.69 Å². The number of likely N-dealkylation sites (tertiary alicyclic amines) is 1. The Bertz CT molecular complexity index is 744. The van der Waals surface area contributed by atoms with Crippen LogP contribution in [0.25, 0.3) is 0 Å². The molecular weight excluding hydrogens is 342 g/mol. The Balaban J connectivity index is 1.22. The van der Waals surface area contributed by atoms with Crippen molar-refractivity contribution in [3.05, 3.63) is 24.5 Å². The molecule has 2 bridgehead atoms. The minimum atomic E-state index is -0.0649. The lowest BCUT2D eigenvalue weighted by Gasteiger charge is -2.33. The lowest BCUT2D eigenvalue weighted by atomic mass is 9.81. The lowest BCUT2D eigenvalue weighted by molar-refractivity contribution is -0.144. The van der Waals surface area contributed by atoms with Crippen molar-refractivity contribution >= 4 is 23.4 Å². The molecule has 1 saturated heterocycles. The van der Waals surface area contributed by atoms with Crippen molar-refractivity contribution in [3.63, 3.8) is 0 Å². The van der Waals surface area contributed by atoms with Crippen molar-refractivity contribution in [2.45, 2.75) is 51.0 Å². The molecule has 5 rings (SSSR count). The average Bonchev–Trinajstić information content (AvgIpc) is 3.37. The van der Waals surface area contributed by atoms with Gasteiger partial charge in [-0.25, -0.2) is 0 Å². The van der Waals surface area contributed by atoms with E-state index in [4.69, 9.17) is 0 Å². The zero-order chi connectivity index (χ0) is 18.5. The predicted octanol–water partition coefficient (Wildman–Crippen LogP) is 2.61. The smallest absolute Gasteiger partial charge is 0.233 e. The van der Waals surface area contributed by atoms with Gasteiger partial charge in [-0.05, 0) is 68.9 Å². The number of nitrogens with zero attached hydrogens (tertiary/aromatic N) is 2. The van der Waals surface area contributed by atoms with Crippen molar-refractivity contribution < 1.29 is 14.4 Å². The van der Waals surface area contributed by atoms with Crippen molar-refractivity contribution in [1.82, 2.24) is 9.88 Å². The zero-order valence-electron chi connectivity index (χ0n) is 15.3. The summed E-state index contributed by atoms with van der Waals surface area (Å²) >= 11 is 0. The molecule has 0 radical (unpaired) electrons. The monoisotopic (exact) mass is 367 g/mol. The molecule has 3 saturated carbocycles. The van der Waals surface area contributed by atoms with Crippen molar-refractivity contribution in [1.29, 1.82) is 0 Å². The fraction of sp³-hybridized carbons (Fsp3) is 0.619. The maximum absolute atomic E-state index is 13.0. The van der Waals surface area contributed by atoms with E-state index < -0.39 is 0 Å². The fourth-order valence-corrected chi connectivity index (χ4v) is 6.07. The van der Waals surface area contributed by atoms with E-state index in [1.807, 2.05) is 6.07 Å². The average molecular weight is 367 g/mol. The highest BCUT2D eigenvalue weighted by atomic mass is 16.2. The minimum Gasteiger partial charge on any atom is -0.324 e. The molecule has 1 aromatic rings. The van der Waals surface area contributed by atoms with E-state index in [2.05, 4.69) is 10.3 Å². The standard InChI is InChI=1S/C21H25N3O3/c25-19(23-15-2-1-9-22-11-15)12-5-7-16(8-6-12)24-20(26)17-13-3-4-14(10-13)18(17)21(24)27/h1-2,9,11-14,16-18H,3-8,10H2,(H,23,25)/t12-,13-,14+,16-,17-,18+. The molecule has 4 fully saturated rings. The Morgan fingerprint density at radius 2 is 1.67 bits per heavy atom. The predicted molar refractivity (Wildman–Crippen MR) is 98.3 cm³/mol. The number of carbonyl (C=O) groups excluding carboxylic acids is 3. The highest BCUT2D eigenvalue weighted by Gasteiger charge is 2.61. The number of fused-ring (bicyclic) bond motifs is 5. The molecule has 1 N–H and O–H groups in total. The number of anilines is 1. The highest BCUT2D eigenvalue weighted by Crippen LogP contribution is 2.56. The maximum atomic E-state index is 13.0. The number of hydrogen-bond acceptors (Lipinski definition) is 4. The Kier molecular flexibility index (Phi) is 4.02. The summed E-state index contributed by atoms with van der Waals surface area (Å²) in [6.07, 6.45) is 9.51. The van der Waals surface area contributed by atoms with Gasteiger partial charge in [-0.1, -0.05) is 0 Å². The summed E-state index contributed by atoms with van der Waals surface area (Å²) < 4.78 is 0. The van der Waals surface area contributed by atoms with Crippen LogP contribution in [-0.2, 0) is 14.4 Å². The molecule has 4 aliphatic rings. The Hall–Kier alpha value is -2.24. The molecular formula is C21H25N3O3. The van der Waals surface area contributed by atoms with E-state index in [-0.39, 0.29) is 41.5 Å². The molecule has 1 aromatic heterocycles. The van der Waals surface area contributed by atoms with E-state index in [0.717, 1.165) is 44.9 Å². The Morgan fingerprint density at radius 1 is 1.00 bits per heavy atom. The second-order valence-electron chi connectivity index (χ2n) is 8.67. The number of imide groups is 1. The SMILES string of the molecule is O=C1[C@@H]2[C@@H]3CC[C@@H](C3)[C@@H]2C(=O)N1[C@H]1CC[C@H](C(=O)Nc2cccnc2)CC1. The molecule has 4 atom stereocenters. The maximum Gasteiger partial charge on any atom is 0.233 e. The van der Waals surface area contributed by atoms with Gasteiger partial charge in [0.2, 0.25) is 17.7 Å². The van der Waals surface area contributed by atoms with Crippen LogP contribution in [0.5, 0.6) is 0 Å². The normalized spacial score (nSPS) is 37.6. The van der Waals surface area contributed by atoms with Gasteiger partial charge >= 0.3 is 0 Å². The third-order valence-corrected chi connectivity index (χ3v) is 7.32. The first-order valence-electron chi connectivity index (χ1n) is 10.2. The van der Waals surface area contributed by atoms with E-state index in [9.17, 15) is 14.4 Å². The molecule has 6 heteroatoms. The van der Waals surface area contributed by atoms with E-state index in [1.54, 1.807) is 23.4 Å². The highest BCUT2D eigenvalue weighted by molar-refractivity contribution is 6.06. The molecule has 142 valence electrons. The lowest BCUT2D eigenvalue weighted by Crippen LogP contribution is -2.44. The minimum absolute atomic E-state index is 0.00967. The van der Waals surface area contributed by atoms with Crippen LogP contribution in [0.15, 0.2) is 24.5 Å². The number of amides is 3. The largest absolute Gasteiger partial charge is 0.324 e. The van der Waals surface area contributed by atoms with Gasteiger partial charge in [0.25, 0.3) is 0 Å². The summed E-state index contributed by atoms with van der Waals surface area (Å²) in [5.41, 5.74) is 0.706. The summed E-state index contributed by atoms with van der Waals surface area (Å²) in [7, 11) is 0. The zero-order valence-corrected chi connectivity index (χ0v) is 15.3. The van der Waals surface area contributed by atoms with E-state index >= 15 is 0 Å². The quantitative estimate of drug-likeness (QED) is 0.833. The summed E-state index contributed by atoms with van der Waals surface area (Å²) in [5, 5.41) is 2.92.